The van der Waals surface area contributed by atoms with Gasteiger partial charge in [0.1, 0.15) is 6.61 Å². The van der Waals surface area contributed by atoms with Crippen LogP contribution in [0.15, 0.2) is 47.6 Å². The quantitative estimate of drug-likeness (QED) is 0.842. The molecule has 0 aliphatic rings. The Morgan fingerprint density at radius 1 is 1.20 bits per heavy atom. The highest BCUT2D eigenvalue weighted by Crippen LogP contribution is 2.35. The predicted molar refractivity (Wildman–Crippen MR) is 74.4 cm³/mol. The summed E-state index contributed by atoms with van der Waals surface area (Å²) in [5.74, 6) is -0.993. The minimum atomic E-state index is -1.20. The number of hydrogen-bond donors (Lipinski definition) is 1. The predicted octanol–water partition coefficient (Wildman–Crippen LogP) is 3.67. The van der Waals surface area contributed by atoms with Gasteiger partial charge in [0.2, 0.25) is 0 Å². The fourth-order valence-corrected chi connectivity index (χ4v) is 1.85. The minimum Gasteiger partial charge on any atom is -0.486 e. The normalized spacial score (nSPS) is 10.1. The third kappa shape index (κ3) is 2.83. The maximum atomic E-state index is 11.1. The lowest BCUT2D eigenvalue weighted by atomic mass is 10.1. The molecule has 102 valence electrons. The summed E-state index contributed by atoms with van der Waals surface area (Å²) < 4.78 is 5.58. The van der Waals surface area contributed by atoms with Crippen LogP contribution >= 0.6 is 0 Å². The van der Waals surface area contributed by atoms with Gasteiger partial charge in [-0.1, -0.05) is 36.4 Å². The van der Waals surface area contributed by atoms with E-state index in [0.717, 1.165) is 5.56 Å². The highest BCUT2D eigenvalue weighted by atomic mass is 16.5. The molecule has 0 aromatic heterocycles. The molecule has 20 heavy (non-hydrogen) atoms. The highest BCUT2D eigenvalue weighted by Gasteiger charge is 2.18. The van der Waals surface area contributed by atoms with Gasteiger partial charge >= 0.3 is 5.97 Å². The first kappa shape index (κ1) is 13.7. The van der Waals surface area contributed by atoms with E-state index in [9.17, 15) is 9.70 Å². The van der Waals surface area contributed by atoms with E-state index in [2.05, 4.69) is 5.18 Å². The van der Waals surface area contributed by atoms with Gasteiger partial charge in [-0.15, -0.1) is 4.91 Å². The summed E-state index contributed by atoms with van der Waals surface area (Å²) in [7, 11) is 0. The number of hydrogen-bond acceptors (Lipinski definition) is 4. The second kappa shape index (κ2) is 5.97. The average molecular weight is 271 g/mol. The van der Waals surface area contributed by atoms with E-state index in [1.54, 1.807) is 13.0 Å². The Bertz CT molecular complexity index is 638. The number of benzene rings is 2. The molecule has 0 spiro atoms. The maximum Gasteiger partial charge on any atom is 0.338 e. The molecule has 2 aromatic rings. The van der Waals surface area contributed by atoms with E-state index in [4.69, 9.17) is 9.84 Å². The molecule has 0 saturated carbocycles. The van der Waals surface area contributed by atoms with Crippen LogP contribution in [0.25, 0.3) is 0 Å². The Labute approximate surface area is 115 Å². The summed E-state index contributed by atoms with van der Waals surface area (Å²) in [5.41, 5.74) is 1.26. The third-order valence-electron chi connectivity index (χ3n) is 2.88. The fraction of sp³-hybridized carbons (Fsp3) is 0.133. The summed E-state index contributed by atoms with van der Waals surface area (Å²) in [6.07, 6.45) is 0. The average Bonchev–Trinajstić information content (AvgIpc) is 2.46. The van der Waals surface area contributed by atoms with Crippen molar-refractivity contribution in [2.45, 2.75) is 13.5 Å². The van der Waals surface area contributed by atoms with Crippen molar-refractivity contribution in [1.82, 2.24) is 0 Å². The number of ether oxygens (including phenoxy) is 1. The number of carbonyl (C=O) groups is 1. The Morgan fingerprint density at radius 3 is 2.50 bits per heavy atom. The van der Waals surface area contributed by atoms with Gasteiger partial charge in [-0.25, -0.2) is 4.79 Å². The SMILES string of the molecule is Cc1ccc(C(=O)O)c(N=O)c1OCc1ccccc1. The second-order valence-corrected chi connectivity index (χ2v) is 4.28. The number of carboxylic acid groups (broad SMARTS) is 1. The number of aromatic carboxylic acids is 1. The maximum absolute atomic E-state index is 11.1. The van der Waals surface area contributed by atoms with Gasteiger partial charge in [0, 0.05) is 0 Å². The molecule has 1 N–H and O–H groups in total. The molecule has 0 radical (unpaired) electrons. The van der Waals surface area contributed by atoms with Crippen LogP contribution in [0.5, 0.6) is 5.75 Å². The smallest absolute Gasteiger partial charge is 0.338 e. The van der Waals surface area contributed by atoms with Crippen LogP contribution in [0.3, 0.4) is 0 Å². The standard InChI is InChI=1S/C15H13NO4/c1-10-7-8-12(15(17)18)13(16-19)14(10)20-9-11-5-3-2-4-6-11/h2-8H,9H2,1H3,(H,17,18). The van der Waals surface area contributed by atoms with E-state index in [0.29, 0.717) is 5.56 Å². The zero-order valence-corrected chi connectivity index (χ0v) is 10.9. The van der Waals surface area contributed by atoms with Crippen molar-refractivity contribution >= 4 is 11.7 Å². The van der Waals surface area contributed by atoms with E-state index in [1.165, 1.54) is 6.07 Å². The van der Waals surface area contributed by atoms with E-state index >= 15 is 0 Å². The molecular weight excluding hydrogens is 258 g/mol. The van der Waals surface area contributed by atoms with Crippen molar-refractivity contribution in [2.24, 2.45) is 5.18 Å². The number of nitrogens with zero attached hydrogens (tertiary/aromatic N) is 1. The molecule has 0 saturated heterocycles. The molecule has 0 atom stereocenters. The number of rotatable bonds is 5. The number of carboxylic acids is 1. The lowest BCUT2D eigenvalue weighted by molar-refractivity contribution is 0.0697. The molecule has 0 aliphatic heterocycles. The Kier molecular flexibility index (Phi) is 4.10. The van der Waals surface area contributed by atoms with Crippen LogP contribution in [-0.2, 0) is 6.61 Å². The molecule has 0 heterocycles. The van der Waals surface area contributed by atoms with Gasteiger partial charge in [-0.2, -0.15) is 0 Å². The van der Waals surface area contributed by atoms with E-state index < -0.39 is 5.97 Å². The first-order valence-corrected chi connectivity index (χ1v) is 6.00. The van der Waals surface area contributed by atoms with E-state index in [-0.39, 0.29) is 23.6 Å². The first-order chi connectivity index (χ1) is 9.63. The van der Waals surface area contributed by atoms with Crippen molar-refractivity contribution in [3.63, 3.8) is 0 Å². The zero-order chi connectivity index (χ0) is 14.5. The Hall–Kier alpha value is -2.69. The number of aryl methyl sites for hydroxylation is 1. The van der Waals surface area contributed by atoms with Crippen LogP contribution < -0.4 is 4.74 Å². The topological polar surface area (TPSA) is 76.0 Å². The van der Waals surface area contributed by atoms with Gasteiger partial charge in [0.05, 0.1) is 5.56 Å². The third-order valence-corrected chi connectivity index (χ3v) is 2.88. The molecule has 2 rings (SSSR count). The summed E-state index contributed by atoms with van der Waals surface area (Å²) in [6.45, 7) is 1.98. The lowest BCUT2D eigenvalue weighted by Crippen LogP contribution is -2.02. The monoisotopic (exact) mass is 271 g/mol. The first-order valence-electron chi connectivity index (χ1n) is 6.00. The molecule has 0 unspecified atom stereocenters. The minimum absolute atomic E-state index is 0.159. The van der Waals surface area contributed by atoms with Crippen LogP contribution in [-0.4, -0.2) is 11.1 Å². The van der Waals surface area contributed by atoms with E-state index in [1.807, 2.05) is 30.3 Å². The molecule has 0 fully saturated rings. The molecule has 0 amide bonds. The van der Waals surface area contributed by atoms with Crippen molar-refractivity contribution in [3.8, 4) is 5.75 Å². The van der Waals surface area contributed by atoms with Gasteiger partial charge in [-0.3, -0.25) is 0 Å². The Morgan fingerprint density at radius 2 is 1.90 bits per heavy atom. The molecular formula is C15H13NO4. The van der Waals surface area contributed by atoms with Crippen LogP contribution in [0.4, 0.5) is 5.69 Å². The van der Waals surface area contributed by atoms with Crippen molar-refractivity contribution in [3.05, 3.63) is 64.1 Å². The summed E-state index contributed by atoms with van der Waals surface area (Å²) in [4.78, 5) is 22.0. The molecule has 5 nitrogen and oxygen atoms in total. The highest BCUT2D eigenvalue weighted by molar-refractivity contribution is 5.95. The molecule has 2 aromatic carbocycles. The van der Waals surface area contributed by atoms with Gasteiger partial charge in [0.25, 0.3) is 0 Å². The van der Waals surface area contributed by atoms with Gasteiger partial charge in [-0.05, 0) is 29.3 Å². The molecule has 0 aliphatic carbocycles. The summed E-state index contributed by atoms with van der Waals surface area (Å²) in [5, 5.41) is 11.9. The molecule has 5 heteroatoms. The van der Waals surface area contributed by atoms with Gasteiger partial charge in [0.15, 0.2) is 11.4 Å². The second-order valence-electron chi connectivity index (χ2n) is 4.28. The van der Waals surface area contributed by atoms with Crippen molar-refractivity contribution in [1.29, 1.82) is 0 Å². The lowest BCUT2D eigenvalue weighted by Gasteiger charge is -2.12. The van der Waals surface area contributed by atoms with Crippen molar-refractivity contribution in [2.75, 3.05) is 0 Å². The van der Waals surface area contributed by atoms with Crippen molar-refractivity contribution < 1.29 is 14.6 Å². The fourth-order valence-electron chi connectivity index (χ4n) is 1.85. The Balaban J connectivity index is 2.33. The van der Waals surface area contributed by atoms with Crippen LogP contribution in [0.2, 0.25) is 0 Å². The largest absolute Gasteiger partial charge is 0.486 e. The van der Waals surface area contributed by atoms with Gasteiger partial charge < -0.3 is 9.84 Å². The van der Waals surface area contributed by atoms with Crippen LogP contribution in [0, 0.1) is 11.8 Å². The number of nitroso groups, excluding NO2 is 1. The zero-order valence-electron chi connectivity index (χ0n) is 10.9. The molecule has 0 bridgehead atoms. The summed E-state index contributed by atoms with van der Waals surface area (Å²) in [6, 6.07) is 12.3. The summed E-state index contributed by atoms with van der Waals surface area (Å²) >= 11 is 0. The van der Waals surface area contributed by atoms with Crippen LogP contribution in [0.1, 0.15) is 21.5 Å².